The molecule has 34 heavy (non-hydrogen) atoms. The third-order valence-corrected chi connectivity index (χ3v) is 5.49. The van der Waals surface area contributed by atoms with Gasteiger partial charge in [0, 0.05) is 11.1 Å². The molecule has 3 nitrogen and oxygen atoms in total. The van der Waals surface area contributed by atoms with Crippen LogP contribution in [0.15, 0.2) is 121 Å². The van der Waals surface area contributed by atoms with Crippen LogP contribution in [0, 0.1) is 20.8 Å². The van der Waals surface area contributed by atoms with Gasteiger partial charge in [0.25, 0.3) is 0 Å². The van der Waals surface area contributed by atoms with Crippen molar-refractivity contribution in [2.75, 3.05) is 0 Å². The van der Waals surface area contributed by atoms with Gasteiger partial charge in [-0.05, 0) is 55.2 Å². The molecule has 1 atom stereocenters. The Labute approximate surface area is 203 Å². The largest absolute Gasteiger partial charge is 0.446 e. The van der Waals surface area contributed by atoms with Gasteiger partial charge in [0.1, 0.15) is 0 Å². The molecule has 0 saturated heterocycles. The molecule has 1 aliphatic rings. The number of aryl methyl sites for hydroxylation is 3. The molecule has 0 amide bonds. The first-order valence-corrected chi connectivity index (χ1v) is 11.4. The summed E-state index contributed by atoms with van der Waals surface area (Å²) in [6, 6.07) is 35.1. The molecule has 4 aromatic rings. The average Bonchev–Trinajstić information content (AvgIpc) is 3.38. The zero-order valence-electron chi connectivity index (χ0n) is 20.2. The Morgan fingerprint density at radius 3 is 1.68 bits per heavy atom. The minimum Gasteiger partial charge on any atom is -0.446 e. The van der Waals surface area contributed by atoms with E-state index in [0.29, 0.717) is 5.90 Å². The molecule has 0 radical (unpaired) electrons. The fourth-order valence-electron chi connectivity index (χ4n) is 3.63. The molecule has 0 aromatic heterocycles. The third-order valence-electron chi connectivity index (χ3n) is 5.49. The first-order chi connectivity index (χ1) is 16.6. The number of hydrogen-bond acceptors (Lipinski definition) is 3. The molecule has 1 unspecified atom stereocenters. The number of nitrogens with zero attached hydrogens (tertiary/aromatic N) is 1. The van der Waals surface area contributed by atoms with Crippen molar-refractivity contribution in [2.24, 2.45) is 5.10 Å². The van der Waals surface area contributed by atoms with Crippen LogP contribution in [0.25, 0.3) is 11.1 Å². The molecule has 1 N–H and O–H groups in total. The monoisotopic (exact) mass is 448 g/mol. The van der Waals surface area contributed by atoms with Gasteiger partial charge >= 0.3 is 0 Å². The lowest BCUT2D eigenvalue weighted by molar-refractivity contribution is 0.192. The van der Waals surface area contributed by atoms with Gasteiger partial charge in [0.05, 0.1) is 0 Å². The van der Waals surface area contributed by atoms with E-state index in [9.17, 15) is 0 Å². The van der Waals surface area contributed by atoms with Crippen molar-refractivity contribution in [2.45, 2.75) is 27.0 Å². The number of hydrogen-bond donors (Lipinski definition) is 1. The van der Waals surface area contributed by atoms with Crippen molar-refractivity contribution in [3.05, 3.63) is 144 Å². The fourth-order valence-corrected chi connectivity index (χ4v) is 3.63. The predicted octanol–water partition coefficient (Wildman–Crippen LogP) is 7.75. The quantitative estimate of drug-likeness (QED) is 0.325. The Bertz CT molecular complexity index is 1170. The molecule has 0 saturated carbocycles. The molecule has 0 aliphatic carbocycles. The summed E-state index contributed by atoms with van der Waals surface area (Å²) in [7, 11) is 0. The number of nitrogens with one attached hydrogen (secondary N) is 1. The van der Waals surface area contributed by atoms with E-state index in [2.05, 4.69) is 117 Å². The second-order valence-corrected chi connectivity index (χ2v) is 7.95. The van der Waals surface area contributed by atoms with Gasteiger partial charge in [-0.2, -0.15) is 0 Å². The molecule has 1 heterocycles. The molecule has 3 heteroatoms. The van der Waals surface area contributed by atoms with E-state index in [-0.39, 0.29) is 6.23 Å². The number of benzene rings is 4. The van der Waals surface area contributed by atoms with Crippen LogP contribution in [0.3, 0.4) is 0 Å². The first-order valence-electron chi connectivity index (χ1n) is 11.4. The van der Waals surface area contributed by atoms with Crippen molar-refractivity contribution in [3.8, 4) is 11.1 Å². The summed E-state index contributed by atoms with van der Waals surface area (Å²) in [4.78, 5) is 0. The van der Waals surface area contributed by atoms with Crippen molar-refractivity contribution < 1.29 is 4.74 Å². The lowest BCUT2D eigenvalue weighted by atomic mass is 9.97. The van der Waals surface area contributed by atoms with E-state index in [1.165, 1.54) is 27.8 Å². The molecular formula is C31H32N2O. The number of hydrazone groups is 1. The Morgan fingerprint density at radius 1 is 0.647 bits per heavy atom. The molecule has 0 bridgehead atoms. The topological polar surface area (TPSA) is 33.6 Å². The maximum absolute atomic E-state index is 5.81. The number of rotatable bonds is 3. The van der Waals surface area contributed by atoms with Crippen LogP contribution in [0.2, 0.25) is 0 Å². The van der Waals surface area contributed by atoms with Crippen LogP contribution in [-0.2, 0) is 4.74 Å². The lowest BCUT2D eigenvalue weighted by Crippen LogP contribution is -2.12. The highest BCUT2D eigenvalue weighted by molar-refractivity contribution is 5.94. The fraction of sp³-hybridized carbons (Fsp3) is 0.129. The Hall–Kier alpha value is -4.11. The van der Waals surface area contributed by atoms with E-state index < -0.39 is 0 Å². The lowest BCUT2D eigenvalue weighted by Gasteiger charge is -2.11. The second-order valence-electron chi connectivity index (χ2n) is 7.95. The summed E-state index contributed by atoms with van der Waals surface area (Å²) in [5.41, 5.74) is 11.7. The predicted molar refractivity (Wildman–Crippen MR) is 144 cm³/mol. The van der Waals surface area contributed by atoms with E-state index in [1.54, 1.807) is 0 Å². The van der Waals surface area contributed by atoms with Crippen LogP contribution in [0.4, 0.5) is 0 Å². The highest BCUT2D eigenvalue weighted by Crippen LogP contribution is 2.25. The summed E-state index contributed by atoms with van der Waals surface area (Å²) in [6.45, 7) is 12.4. The van der Waals surface area contributed by atoms with Crippen LogP contribution >= 0.6 is 0 Å². The van der Waals surface area contributed by atoms with E-state index >= 15 is 0 Å². The second kappa shape index (κ2) is 12.2. The Morgan fingerprint density at radius 2 is 1.15 bits per heavy atom. The molecular weight excluding hydrogens is 416 g/mol. The van der Waals surface area contributed by atoms with Crippen LogP contribution in [0.1, 0.15) is 34.0 Å². The maximum Gasteiger partial charge on any atom is 0.240 e. The van der Waals surface area contributed by atoms with Gasteiger partial charge in [0.2, 0.25) is 12.1 Å². The van der Waals surface area contributed by atoms with Gasteiger partial charge in [-0.15, -0.1) is 18.3 Å². The molecule has 0 fully saturated rings. The maximum atomic E-state index is 5.81. The Balaban J connectivity index is 0.000000183. The minimum atomic E-state index is -0.194. The summed E-state index contributed by atoms with van der Waals surface area (Å²) in [5.74, 6) is 0.640. The van der Waals surface area contributed by atoms with E-state index in [4.69, 9.17) is 4.74 Å². The van der Waals surface area contributed by atoms with Crippen molar-refractivity contribution in [3.63, 3.8) is 0 Å². The van der Waals surface area contributed by atoms with Gasteiger partial charge in [-0.3, -0.25) is 5.43 Å². The SMILES string of the molecule is C=C.Cc1ccc(C2NN=C(c3ccccc3)O2)cc1.Cc1ccccc1-c1ccccc1C. The van der Waals surface area contributed by atoms with E-state index in [1.807, 2.05) is 30.3 Å². The van der Waals surface area contributed by atoms with Gasteiger partial charge in [-0.25, -0.2) is 0 Å². The molecule has 5 rings (SSSR count). The zero-order chi connectivity index (χ0) is 24.3. The van der Waals surface area contributed by atoms with Crippen molar-refractivity contribution in [1.82, 2.24) is 5.43 Å². The molecule has 172 valence electrons. The molecule has 4 aromatic carbocycles. The average molecular weight is 449 g/mol. The highest BCUT2D eigenvalue weighted by Gasteiger charge is 2.21. The smallest absolute Gasteiger partial charge is 0.240 e. The third kappa shape index (κ3) is 6.23. The van der Waals surface area contributed by atoms with Gasteiger partial charge < -0.3 is 4.74 Å². The summed E-state index contributed by atoms with van der Waals surface area (Å²) in [6.07, 6.45) is -0.194. The highest BCUT2D eigenvalue weighted by atomic mass is 16.5. The minimum absolute atomic E-state index is 0.194. The van der Waals surface area contributed by atoms with Gasteiger partial charge in [-0.1, -0.05) is 96.6 Å². The molecule has 0 spiro atoms. The number of ether oxygens (including phenoxy) is 1. The Kier molecular flexibility index (Phi) is 8.81. The summed E-state index contributed by atoms with van der Waals surface area (Å²) < 4.78 is 5.81. The van der Waals surface area contributed by atoms with Crippen LogP contribution in [-0.4, -0.2) is 5.90 Å². The molecule has 1 aliphatic heterocycles. The summed E-state index contributed by atoms with van der Waals surface area (Å²) >= 11 is 0. The van der Waals surface area contributed by atoms with E-state index in [0.717, 1.165) is 11.1 Å². The van der Waals surface area contributed by atoms with Crippen LogP contribution < -0.4 is 5.43 Å². The zero-order valence-corrected chi connectivity index (χ0v) is 20.2. The first kappa shape index (κ1) is 24.5. The summed E-state index contributed by atoms with van der Waals surface area (Å²) in [5, 5.41) is 4.23. The standard InChI is InChI=1S/C15H14N2O.C14H14.C2H4/c1-11-7-9-13(10-8-11)15-17-16-14(18-15)12-5-3-2-4-6-12;1-11-7-3-5-9-13(11)14-10-6-4-8-12(14)2;1-2/h2-10,15,17H,1H3;3-10H,1-2H3;1-2H2. The van der Waals surface area contributed by atoms with Crippen LogP contribution in [0.5, 0.6) is 0 Å². The van der Waals surface area contributed by atoms with Crippen molar-refractivity contribution >= 4 is 5.90 Å². The van der Waals surface area contributed by atoms with Gasteiger partial charge in [0.15, 0.2) is 0 Å². The van der Waals surface area contributed by atoms with Crippen molar-refractivity contribution in [1.29, 1.82) is 0 Å². The normalized spacial score (nSPS) is 13.7.